The van der Waals surface area contributed by atoms with Crippen LogP contribution >= 0.6 is 11.6 Å². The van der Waals surface area contributed by atoms with Gasteiger partial charge in [0.1, 0.15) is 5.02 Å². The number of hydrogen-bond donors (Lipinski definition) is 3. The van der Waals surface area contributed by atoms with Crippen LogP contribution in [-0.2, 0) is 17.6 Å². The molecular formula is C29H28ClFN8O. The predicted molar refractivity (Wildman–Crippen MR) is 154 cm³/mol. The fourth-order valence-electron chi connectivity index (χ4n) is 5.22. The van der Waals surface area contributed by atoms with Crippen molar-refractivity contribution in [1.29, 1.82) is 0 Å². The molecule has 0 spiro atoms. The number of rotatable bonds is 4. The van der Waals surface area contributed by atoms with Gasteiger partial charge in [-0.3, -0.25) is 14.8 Å². The standard InChI is InChI=1S/C29H28ClFN8O/c30-23-16-34-29-36-22-11-19(14-33-15-22)1-2-20-13-21(35-28(23)38-29)3-4-25(20)37-27(40)12-18-6-9-39(10-7-18)26-5-8-32-17-24(26)31/h3-5,8,11,13-18H,1-2,6-7,9-10,12H2,(H,37,40)(H2,34,35,36,38). The SMILES string of the molecule is O=C(CC1CCN(c2ccncc2F)CC1)Nc1ccc2cc1CCc1cncc(c1)Nc1ncc(Cl)c(n1)N2. The Bertz CT molecular complexity index is 1540. The first-order valence-electron chi connectivity index (χ1n) is 13.3. The second-order valence-electron chi connectivity index (χ2n) is 10.1. The Morgan fingerprint density at radius 3 is 2.75 bits per heavy atom. The zero-order valence-electron chi connectivity index (χ0n) is 21.7. The van der Waals surface area contributed by atoms with Crippen LogP contribution in [0.5, 0.6) is 0 Å². The quantitative estimate of drug-likeness (QED) is 0.284. The highest BCUT2D eigenvalue weighted by molar-refractivity contribution is 6.32. The predicted octanol–water partition coefficient (Wildman–Crippen LogP) is 5.89. The van der Waals surface area contributed by atoms with Gasteiger partial charge in [0, 0.05) is 43.3 Å². The lowest BCUT2D eigenvalue weighted by molar-refractivity contribution is -0.117. The van der Waals surface area contributed by atoms with Crippen LogP contribution in [0.25, 0.3) is 0 Å². The molecule has 11 heteroatoms. The van der Waals surface area contributed by atoms with Gasteiger partial charge in [-0.15, -0.1) is 0 Å². The first-order valence-corrected chi connectivity index (χ1v) is 13.7. The Morgan fingerprint density at radius 2 is 1.90 bits per heavy atom. The summed E-state index contributed by atoms with van der Waals surface area (Å²) in [5, 5.41) is 10.00. The molecule has 3 aromatic heterocycles. The molecule has 1 fully saturated rings. The van der Waals surface area contributed by atoms with Gasteiger partial charge in [-0.25, -0.2) is 9.37 Å². The molecule has 40 heavy (non-hydrogen) atoms. The monoisotopic (exact) mass is 558 g/mol. The number of piperidine rings is 1. The topological polar surface area (TPSA) is 108 Å². The minimum absolute atomic E-state index is 0.0234. The number of fused-ring (bicyclic) bond motifs is 6. The van der Waals surface area contributed by atoms with Crippen LogP contribution in [0.15, 0.2) is 61.3 Å². The zero-order valence-corrected chi connectivity index (χ0v) is 22.5. The normalized spacial score (nSPS) is 15.1. The van der Waals surface area contributed by atoms with E-state index in [0.29, 0.717) is 48.4 Å². The molecule has 0 saturated carbocycles. The van der Waals surface area contributed by atoms with Crippen molar-refractivity contribution in [2.45, 2.75) is 32.1 Å². The summed E-state index contributed by atoms with van der Waals surface area (Å²) in [7, 11) is 0. The number of amides is 1. The summed E-state index contributed by atoms with van der Waals surface area (Å²) in [5.74, 6) is 0.786. The van der Waals surface area contributed by atoms with Gasteiger partial charge < -0.3 is 20.9 Å². The Hall–Kier alpha value is -4.31. The molecule has 1 aromatic carbocycles. The molecule has 0 atom stereocenters. The molecular weight excluding hydrogens is 531 g/mol. The van der Waals surface area contributed by atoms with Crippen molar-refractivity contribution in [3.63, 3.8) is 0 Å². The summed E-state index contributed by atoms with van der Waals surface area (Å²) < 4.78 is 14.1. The summed E-state index contributed by atoms with van der Waals surface area (Å²) in [5.41, 5.74) is 4.97. The number of carbonyl (C=O) groups excluding carboxylic acids is 1. The molecule has 5 heterocycles. The van der Waals surface area contributed by atoms with Gasteiger partial charge in [-0.2, -0.15) is 4.98 Å². The second kappa shape index (κ2) is 11.4. The minimum atomic E-state index is -0.313. The number of hydrogen-bond acceptors (Lipinski definition) is 8. The van der Waals surface area contributed by atoms with Crippen molar-refractivity contribution in [3.05, 3.63) is 83.3 Å². The second-order valence-corrected chi connectivity index (χ2v) is 10.5. The molecule has 204 valence electrons. The van der Waals surface area contributed by atoms with Crippen LogP contribution in [0.4, 0.5) is 38.9 Å². The number of halogens is 2. The first kappa shape index (κ1) is 25.9. The molecule has 0 radical (unpaired) electrons. The van der Waals surface area contributed by atoms with Gasteiger partial charge >= 0.3 is 0 Å². The maximum Gasteiger partial charge on any atom is 0.229 e. The summed E-state index contributed by atoms with van der Waals surface area (Å²) in [6.07, 6.45) is 11.4. The lowest BCUT2D eigenvalue weighted by atomic mass is 9.92. The van der Waals surface area contributed by atoms with Crippen molar-refractivity contribution >= 4 is 52.0 Å². The highest BCUT2D eigenvalue weighted by atomic mass is 35.5. The van der Waals surface area contributed by atoms with Crippen molar-refractivity contribution in [2.24, 2.45) is 5.92 Å². The number of aryl methyl sites for hydroxylation is 2. The van der Waals surface area contributed by atoms with Gasteiger partial charge in [0.15, 0.2) is 11.6 Å². The van der Waals surface area contributed by atoms with Gasteiger partial charge in [0.25, 0.3) is 0 Å². The van der Waals surface area contributed by atoms with Crippen molar-refractivity contribution in [1.82, 2.24) is 19.9 Å². The maximum absolute atomic E-state index is 14.1. The lowest BCUT2D eigenvalue weighted by Crippen LogP contribution is -2.35. The fourth-order valence-corrected chi connectivity index (χ4v) is 5.36. The van der Waals surface area contributed by atoms with Crippen LogP contribution in [-0.4, -0.2) is 38.9 Å². The van der Waals surface area contributed by atoms with Crippen molar-refractivity contribution in [2.75, 3.05) is 33.9 Å². The summed E-state index contributed by atoms with van der Waals surface area (Å²) in [4.78, 5) is 32.1. The minimum Gasteiger partial charge on any atom is -0.369 e. The molecule has 0 unspecified atom stereocenters. The number of pyridine rings is 2. The summed E-state index contributed by atoms with van der Waals surface area (Å²) in [6, 6.07) is 9.54. The maximum atomic E-state index is 14.1. The molecule has 3 N–H and O–H groups in total. The van der Waals surface area contributed by atoms with E-state index in [2.05, 4.69) is 35.9 Å². The first-order chi connectivity index (χ1) is 19.5. The Labute approximate surface area is 236 Å². The van der Waals surface area contributed by atoms with Crippen LogP contribution in [0.1, 0.15) is 30.4 Å². The summed E-state index contributed by atoms with van der Waals surface area (Å²) in [6.45, 7) is 1.42. The number of nitrogens with one attached hydrogen (secondary N) is 3. The molecule has 2 aliphatic rings. The molecule has 6 bridgehead atoms. The van der Waals surface area contributed by atoms with Crippen LogP contribution < -0.4 is 20.9 Å². The molecule has 1 amide bonds. The van der Waals surface area contributed by atoms with E-state index in [9.17, 15) is 9.18 Å². The Balaban J connectivity index is 1.17. The Morgan fingerprint density at radius 1 is 1.02 bits per heavy atom. The number of anilines is 6. The summed E-state index contributed by atoms with van der Waals surface area (Å²) >= 11 is 6.37. The van der Waals surface area contributed by atoms with E-state index in [-0.39, 0.29) is 17.6 Å². The van der Waals surface area contributed by atoms with E-state index < -0.39 is 0 Å². The largest absolute Gasteiger partial charge is 0.369 e. The third-order valence-corrected chi connectivity index (χ3v) is 7.58. The third kappa shape index (κ3) is 5.96. The van der Waals surface area contributed by atoms with Crippen LogP contribution in [0, 0.1) is 11.7 Å². The highest BCUT2D eigenvalue weighted by Gasteiger charge is 2.23. The molecule has 9 nitrogen and oxygen atoms in total. The number of carbonyl (C=O) groups is 1. The molecule has 2 aliphatic heterocycles. The molecule has 1 saturated heterocycles. The lowest BCUT2D eigenvalue weighted by Gasteiger charge is -2.33. The van der Waals surface area contributed by atoms with Gasteiger partial charge in [0.05, 0.1) is 30.0 Å². The van der Waals surface area contributed by atoms with Crippen molar-refractivity contribution in [3.8, 4) is 0 Å². The van der Waals surface area contributed by atoms with E-state index in [1.807, 2.05) is 35.4 Å². The molecule has 6 rings (SSSR count). The van der Waals surface area contributed by atoms with E-state index in [4.69, 9.17) is 11.6 Å². The van der Waals surface area contributed by atoms with E-state index in [0.717, 1.165) is 47.5 Å². The van der Waals surface area contributed by atoms with E-state index >= 15 is 0 Å². The van der Waals surface area contributed by atoms with Gasteiger partial charge in [-0.1, -0.05) is 11.6 Å². The molecule has 0 aliphatic carbocycles. The average molecular weight is 559 g/mol. The van der Waals surface area contributed by atoms with E-state index in [1.165, 1.54) is 6.20 Å². The third-order valence-electron chi connectivity index (χ3n) is 7.30. The Kier molecular flexibility index (Phi) is 7.41. The van der Waals surface area contributed by atoms with Gasteiger partial charge in [-0.05, 0) is 73.1 Å². The molecule has 4 aromatic rings. The number of aromatic nitrogens is 4. The average Bonchev–Trinajstić information content (AvgIpc) is 2.96. The smallest absolute Gasteiger partial charge is 0.229 e. The number of benzene rings is 1. The highest BCUT2D eigenvalue weighted by Crippen LogP contribution is 2.31. The van der Waals surface area contributed by atoms with Crippen LogP contribution in [0.3, 0.4) is 0 Å². The number of nitrogens with zero attached hydrogens (tertiary/aromatic N) is 5. The van der Waals surface area contributed by atoms with Crippen molar-refractivity contribution < 1.29 is 9.18 Å². The van der Waals surface area contributed by atoms with Gasteiger partial charge in [0.2, 0.25) is 11.9 Å². The van der Waals surface area contributed by atoms with E-state index in [1.54, 1.807) is 24.7 Å². The zero-order chi connectivity index (χ0) is 27.5. The fraction of sp³-hybridized carbons (Fsp3) is 0.276. The van der Waals surface area contributed by atoms with Crippen LogP contribution in [0.2, 0.25) is 5.02 Å².